The van der Waals surface area contributed by atoms with E-state index in [1.54, 1.807) is 36.7 Å². The average molecular weight is 293 g/mol. The number of fused-ring (bicyclic) bond motifs is 1. The van der Waals surface area contributed by atoms with Crippen molar-refractivity contribution in [2.75, 3.05) is 0 Å². The molecule has 0 aliphatic heterocycles. The molecule has 110 valence electrons. The van der Waals surface area contributed by atoms with Crippen molar-refractivity contribution in [3.8, 4) is 11.3 Å². The Labute approximate surface area is 127 Å². The normalized spacial score (nSPS) is 11.5. The lowest BCUT2D eigenvalue weighted by Crippen LogP contribution is -2.15. The maximum Gasteiger partial charge on any atom is 0.271 e. The van der Waals surface area contributed by atoms with Gasteiger partial charge in [-0.2, -0.15) is 0 Å². The fourth-order valence-corrected chi connectivity index (χ4v) is 2.38. The molecule has 0 saturated carbocycles. The van der Waals surface area contributed by atoms with Crippen molar-refractivity contribution in [2.24, 2.45) is 0 Å². The third-order valence-corrected chi connectivity index (χ3v) is 3.61. The molecule has 2 heterocycles. The topological polar surface area (TPSA) is 61.9 Å². The molecule has 3 rings (SSSR count). The highest BCUT2D eigenvalue weighted by atomic mass is 16.3. The molecule has 0 amide bonds. The molecule has 0 aliphatic carbocycles. The molecular weight excluding hydrogens is 278 g/mol. The van der Waals surface area contributed by atoms with Crippen LogP contribution in [0.15, 0.2) is 47.5 Å². The van der Waals surface area contributed by atoms with Crippen LogP contribution in [0.4, 0.5) is 5.69 Å². The predicted molar refractivity (Wildman–Crippen MR) is 85.0 cm³/mol. The Hall–Kier alpha value is -2.84. The highest BCUT2D eigenvalue weighted by Gasteiger charge is 2.15. The number of nitrogens with one attached hydrogen (secondary N) is 1. The first-order valence-corrected chi connectivity index (χ1v) is 6.84. The van der Waals surface area contributed by atoms with Gasteiger partial charge in [-0.1, -0.05) is 24.3 Å². The number of hydrogen-bond donors (Lipinski definition) is 2. The number of rotatable bonds is 2. The molecule has 5 heteroatoms. The van der Waals surface area contributed by atoms with Gasteiger partial charge in [-0.05, 0) is 31.0 Å². The minimum atomic E-state index is -0.902. The van der Waals surface area contributed by atoms with Crippen LogP contribution in [0, 0.1) is 6.57 Å². The molecule has 5 nitrogen and oxygen atoms in total. The highest BCUT2D eigenvalue weighted by Crippen LogP contribution is 2.24. The first-order valence-electron chi connectivity index (χ1n) is 6.84. The van der Waals surface area contributed by atoms with Crippen LogP contribution in [0.5, 0.6) is 0 Å². The largest absolute Gasteiger partial charge is 0.386 e. The van der Waals surface area contributed by atoms with Crippen molar-refractivity contribution in [3.05, 3.63) is 70.1 Å². The first kappa shape index (κ1) is 14.1. The van der Waals surface area contributed by atoms with Gasteiger partial charge < -0.3 is 14.5 Å². The smallest absolute Gasteiger partial charge is 0.271 e. The third-order valence-electron chi connectivity index (χ3n) is 3.61. The van der Waals surface area contributed by atoms with Crippen molar-refractivity contribution in [1.29, 1.82) is 0 Å². The molecule has 0 aliphatic rings. The van der Waals surface area contributed by atoms with Crippen LogP contribution in [0.3, 0.4) is 0 Å². The Bertz CT molecular complexity index is 935. The van der Waals surface area contributed by atoms with Crippen molar-refractivity contribution >= 4 is 11.2 Å². The Morgan fingerprint density at radius 3 is 2.50 bits per heavy atom. The number of H-pyrrole nitrogens is 1. The molecule has 0 spiro atoms. The van der Waals surface area contributed by atoms with E-state index in [2.05, 4.69) is 9.83 Å². The van der Waals surface area contributed by atoms with Crippen molar-refractivity contribution in [2.45, 2.75) is 19.4 Å². The number of benzene rings is 1. The summed E-state index contributed by atoms with van der Waals surface area (Å²) in [4.78, 5) is 18.3. The second-order valence-electron chi connectivity index (χ2n) is 5.74. The Morgan fingerprint density at radius 1 is 1.23 bits per heavy atom. The molecule has 0 saturated heterocycles. The van der Waals surface area contributed by atoms with Crippen LogP contribution < -0.4 is 5.56 Å². The van der Waals surface area contributed by atoms with E-state index in [1.807, 2.05) is 24.3 Å². The fraction of sp³-hybridized carbons (Fsp3) is 0.176. The van der Waals surface area contributed by atoms with E-state index in [0.717, 1.165) is 11.1 Å². The SMILES string of the molecule is [C-]#[N+]c1cc2c(=O)[nH]c(-c3ccc(C(C)(C)O)cc3)cn2c1. The van der Waals surface area contributed by atoms with Gasteiger partial charge in [0, 0.05) is 12.4 Å². The summed E-state index contributed by atoms with van der Waals surface area (Å²) in [6.45, 7) is 10.5. The lowest BCUT2D eigenvalue weighted by molar-refractivity contribution is 0.0786. The number of aromatic amines is 1. The molecule has 0 bridgehead atoms. The summed E-state index contributed by atoms with van der Waals surface area (Å²) in [5, 5.41) is 9.98. The molecule has 3 aromatic rings. The van der Waals surface area contributed by atoms with E-state index in [1.165, 1.54) is 0 Å². The van der Waals surface area contributed by atoms with Gasteiger partial charge in [-0.3, -0.25) is 4.79 Å². The molecule has 0 radical (unpaired) electrons. The minimum absolute atomic E-state index is 0.237. The van der Waals surface area contributed by atoms with Crippen LogP contribution in [-0.4, -0.2) is 14.5 Å². The summed E-state index contributed by atoms with van der Waals surface area (Å²) < 4.78 is 1.66. The van der Waals surface area contributed by atoms with Crippen LogP contribution >= 0.6 is 0 Å². The summed E-state index contributed by atoms with van der Waals surface area (Å²) in [5.74, 6) is 0. The minimum Gasteiger partial charge on any atom is -0.386 e. The van der Waals surface area contributed by atoms with E-state index in [9.17, 15) is 9.90 Å². The van der Waals surface area contributed by atoms with Crippen LogP contribution in [-0.2, 0) is 5.60 Å². The molecular formula is C17H15N3O2. The molecule has 1 aromatic carbocycles. The van der Waals surface area contributed by atoms with Gasteiger partial charge in [0.15, 0.2) is 0 Å². The van der Waals surface area contributed by atoms with Gasteiger partial charge in [0.25, 0.3) is 5.56 Å². The second-order valence-corrected chi connectivity index (χ2v) is 5.74. The Balaban J connectivity index is 2.10. The van der Waals surface area contributed by atoms with Gasteiger partial charge in [-0.25, -0.2) is 4.85 Å². The number of aliphatic hydroxyl groups is 1. The van der Waals surface area contributed by atoms with Crippen LogP contribution in [0.2, 0.25) is 0 Å². The van der Waals surface area contributed by atoms with Crippen LogP contribution in [0.25, 0.3) is 21.6 Å². The molecule has 0 atom stereocenters. The summed E-state index contributed by atoms with van der Waals surface area (Å²) in [5.41, 5.74) is 2.04. The van der Waals surface area contributed by atoms with E-state index in [-0.39, 0.29) is 5.56 Å². The van der Waals surface area contributed by atoms with Gasteiger partial charge in [0.1, 0.15) is 0 Å². The molecule has 0 unspecified atom stereocenters. The van der Waals surface area contributed by atoms with Gasteiger partial charge >= 0.3 is 0 Å². The zero-order valence-corrected chi connectivity index (χ0v) is 12.3. The average Bonchev–Trinajstić information content (AvgIpc) is 2.90. The van der Waals surface area contributed by atoms with Crippen molar-refractivity contribution in [1.82, 2.24) is 9.38 Å². The maximum atomic E-state index is 12.1. The van der Waals surface area contributed by atoms with E-state index in [4.69, 9.17) is 6.57 Å². The summed E-state index contributed by atoms with van der Waals surface area (Å²) in [7, 11) is 0. The molecule has 0 fully saturated rings. The Morgan fingerprint density at radius 2 is 1.91 bits per heavy atom. The summed E-state index contributed by atoms with van der Waals surface area (Å²) >= 11 is 0. The predicted octanol–water partition coefficient (Wildman–Crippen LogP) is 3.07. The standard InChI is InChI=1S/C17H15N3O2/c1-17(2,22)12-6-4-11(5-7-12)14-10-20-9-13(18-3)8-15(20)16(21)19-14/h4-10,22H,1-2H3,(H,19,21). The number of nitrogens with zero attached hydrogens (tertiary/aromatic N) is 2. The third kappa shape index (κ3) is 2.41. The number of hydrogen-bond acceptors (Lipinski definition) is 2. The van der Waals surface area contributed by atoms with Crippen LogP contribution in [0.1, 0.15) is 19.4 Å². The number of aromatic nitrogens is 2. The monoisotopic (exact) mass is 293 g/mol. The lowest BCUT2D eigenvalue weighted by Gasteiger charge is -2.17. The Kier molecular flexibility index (Phi) is 3.12. The zero-order valence-electron chi connectivity index (χ0n) is 12.3. The highest BCUT2D eigenvalue weighted by molar-refractivity contribution is 5.65. The van der Waals surface area contributed by atoms with Gasteiger partial charge in [0.2, 0.25) is 5.69 Å². The lowest BCUT2D eigenvalue weighted by atomic mass is 9.97. The van der Waals surface area contributed by atoms with Gasteiger partial charge in [0.05, 0.1) is 23.4 Å². The molecule has 22 heavy (non-hydrogen) atoms. The van der Waals surface area contributed by atoms with E-state index >= 15 is 0 Å². The van der Waals surface area contributed by atoms with Crippen molar-refractivity contribution < 1.29 is 5.11 Å². The van der Waals surface area contributed by atoms with E-state index in [0.29, 0.717) is 16.9 Å². The summed E-state index contributed by atoms with van der Waals surface area (Å²) in [6, 6.07) is 8.93. The first-order chi connectivity index (χ1) is 10.4. The molecule has 2 aromatic heterocycles. The second kappa shape index (κ2) is 4.86. The summed E-state index contributed by atoms with van der Waals surface area (Å²) in [6.07, 6.45) is 3.41. The zero-order chi connectivity index (χ0) is 15.9. The van der Waals surface area contributed by atoms with E-state index < -0.39 is 5.60 Å². The quantitative estimate of drug-likeness (QED) is 0.713. The van der Waals surface area contributed by atoms with Crippen molar-refractivity contribution in [3.63, 3.8) is 0 Å². The van der Waals surface area contributed by atoms with Gasteiger partial charge in [-0.15, -0.1) is 0 Å². The fourth-order valence-electron chi connectivity index (χ4n) is 2.38. The molecule has 2 N–H and O–H groups in total. The maximum absolute atomic E-state index is 12.1.